The van der Waals surface area contributed by atoms with Gasteiger partial charge in [0.2, 0.25) is 5.91 Å². The third-order valence-corrected chi connectivity index (χ3v) is 4.81. The molecule has 2 aromatic carbocycles. The van der Waals surface area contributed by atoms with Crippen molar-refractivity contribution < 1.29 is 13.6 Å². The number of carbonyl (C=O) groups is 1. The van der Waals surface area contributed by atoms with E-state index in [0.29, 0.717) is 18.4 Å². The monoisotopic (exact) mass is 315 g/mol. The summed E-state index contributed by atoms with van der Waals surface area (Å²) in [4.78, 5) is 14.6. The van der Waals surface area contributed by atoms with Gasteiger partial charge in [-0.3, -0.25) is 4.79 Å². The third-order valence-electron chi connectivity index (χ3n) is 4.81. The second-order valence-electron chi connectivity index (χ2n) is 6.21. The van der Waals surface area contributed by atoms with Crippen molar-refractivity contribution in [1.29, 1.82) is 0 Å². The number of rotatable bonds is 4. The van der Waals surface area contributed by atoms with Crippen LogP contribution in [0.25, 0.3) is 0 Å². The third kappa shape index (κ3) is 2.74. The zero-order chi connectivity index (χ0) is 16.6. The highest BCUT2D eigenvalue weighted by Gasteiger charge is 2.53. The average molecular weight is 315 g/mol. The van der Waals surface area contributed by atoms with Gasteiger partial charge in [-0.1, -0.05) is 36.4 Å². The van der Waals surface area contributed by atoms with E-state index in [2.05, 4.69) is 0 Å². The van der Waals surface area contributed by atoms with Crippen LogP contribution < -0.4 is 0 Å². The van der Waals surface area contributed by atoms with Gasteiger partial charge in [-0.15, -0.1) is 0 Å². The Kier molecular flexibility index (Phi) is 3.92. The van der Waals surface area contributed by atoms with Crippen LogP contribution >= 0.6 is 0 Å². The SMILES string of the molecule is C[C@@H](c1ccccc1)N(C)C(=O)C1(c2ccc(F)c(F)c2)CC1. The minimum absolute atomic E-state index is 0.0418. The molecule has 0 bridgehead atoms. The van der Waals surface area contributed by atoms with Crippen molar-refractivity contribution in [2.75, 3.05) is 7.05 Å². The van der Waals surface area contributed by atoms with Crippen LogP contribution in [0.4, 0.5) is 8.78 Å². The van der Waals surface area contributed by atoms with Gasteiger partial charge in [-0.2, -0.15) is 0 Å². The van der Waals surface area contributed by atoms with Crippen LogP contribution in [0, 0.1) is 11.6 Å². The Morgan fingerprint density at radius 2 is 1.74 bits per heavy atom. The summed E-state index contributed by atoms with van der Waals surface area (Å²) >= 11 is 0. The molecule has 0 aliphatic heterocycles. The summed E-state index contributed by atoms with van der Waals surface area (Å²) in [5.41, 5.74) is 0.907. The number of nitrogens with zero attached hydrogens (tertiary/aromatic N) is 1. The first-order chi connectivity index (χ1) is 11.0. The highest BCUT2D eigenvalue weighted by Crippen LogP contribution is 2.50. The van der Waals surface area contributed by atoms with Crippen molar-refractivity contribution >= 4 is 5.91 Å². The lowest BCUT2D eigenvalue weighted by Crippen LogP contribution is -2.38. The topological polar surface area (TPSA) is 20.3 Å². The van der Waals surface area contributed by atoms with Crippen LogP contribution in [0.3, 0.4) is 0 Å². The Balaban J connectivity index is 1.85. The van der Waals surface area contributed by atoms with Gasteiger partial charge in [-0.25, -0.2) is 8.78 Å². The quantitative estimate of drug-likeness (QED) is 0.827. The molecule has 2 aromatic rings. The van der Waals surface area contributed by atoms with E-state index in [-0.39, 0.29) is 11.9 Å². The van der Waals surface area contributed by atoms with Gasteiger partial charge in [0, 0.05) is 7.05 Å². The van der Waals surface area contributed by atoms with Gasteiger partial charge >= 0.3 is 0 Å². The number of carbonyl (C=O) groups excluding carboxylic acids is 1. The molecule has 1 saturated carbocycles. The normalized spacial score (nSPS) is 16.7. The lowest BCUT2D eigenvalue weighted by Gasteiger charge is -2.29. The van der Waals surface area contributed by atoms with Crippen LogP contribution in [0.2, 0.25) is 0 Å². The fourth-order valence-electron chi connectivity index (χ4n) is 3.01. The van der Waals surface area contributed by atoms with Gasteiger partial charge in [-0.05, 0) is 43.0 Å². The van der Waals surface area contributed by atoms with E-state index in [1.54, 1.807) is 11.9 Å². The van der Waals surface area contributed by atoms with Crippen LogP contribution in [-0.4, -0.2) is 17.9 Å². The van der Waals surface area contributed by atoms with Crippen molar-refractivity contribution in [2.24, 2.45) is 0 Å². The molecule has 120 valence electrons. The molecule has 23 heavy (non-hydrogen) atoms. The first-order valence-corrected chi connectivity index (χ1v) is 7.73. The van der Waals surface area contributed by atoms with E-state index in [1.807, 2.05) is 37.3 Å². The van der Waals surface area contributed by atoms with Crippen molar-refractivity contribution in [3.63, 3.8) is 0 Å². The molecular weight excluding hydrogens is 296 g/mol. The first-order valence-electron chi connectivity index (χ1n) is 7.73. The van der Waals surface area contributed by atoms with Gasteiger partial charge in [0.15, 0.2) is 11.6 Å². The molecule has 3 rings (SSSR count). The minimum Gasteiger partial charge on any atom is -0.338 e. The van der Waals surface area contributed by atoms with Gasteiger partial charge in [0.25, 0.3) is 0 Å². The molecule has 0 heterocycles. The molecule has 0 aromatic heterocycles. The second-order valence-corrected chi connectivity index (χ2v) is 6.21. The van der Waals surface area contributed by atoms with Crippen molar-refractivity contribution in [1.82, 2.24) is 4.90 Å². The Hall–Kier alpha value is -2.23. The summed E-state index contributed by atoms with van der Waals surface area (Å²) in [6.07, 6.45) is 1.34. The number of hydrogen-bond donors (Lipinski definition) is 0. The summed E-state index contributed by atoms with van der Waals surface area (Å²) in [7, 11) is 1.76. The zero-order valence-corrected chi connectivity index (χ0v) is 13.2. The number of benzene rings is 2. The van der Waals surface area contributed by atoms with E-state index in [1.165, 1.54) is 6.07 Å². The smallest absolute Gasteiger partial charge is 0.233 e. The molecule has 1 fully saturated rings. The molecule has 2 nitrogen and oxygen atoms in total. The Morgan fingerprint density at radius 1 is 1.09 bits per heavy atom. The van der Waals surface area contributed by atoms with Gasteiger partial charge < -0.3 is 4.90 Å². The Morgan fingerprint density at radius 3 is 2.30 bits per heavy atom. The predicted octanol–water partition coefficient (Wildman–Crippen LogP) is 4.22. The summed E-state index contributed by atoms with van der Waals surface area (Å²) < 4.78 is 26.7. The number of amides is 1. The second kappa shape index (κ2) is 5.76. The molecule has 4 heteroatoms. The minimum atomic E-state index is -0.902. The van der Waals surface area contributed by atoms with E-state index in [0.717, 1.165) is 17.7 Å². The van der Waals surface area contributed by atoms with Crippen LogP contribution in [0.1, 0.15) is 36.9 Å². The Labute approximate surface area is 134 Å². The fourth-order valence-corrected chi connectivity index (χ4v) is 3.01. The molecule has 0 spiro atoms. The largest absolute Gasteiger partial charge is 0.338 e. The summed E-state index contributed by atoms with van der Waals surface area (Å²) in [6, 6.07) is 13.5. The van der Waals surface area contributed by atoms with E-state index in [4.69, 9.17) is 0 Å². The number of halogens is 2. The lowest BCUT2D eigenvalue weighted by molar-refractivity contribution is -0.134. The molecule has 1 aliphatic carbocycles. The standard InChI is InChI=1S/C19H19F2NO/c1-13(14-6-4-3-5-7-14)22(2)18(23)19(10-11-19)15-8-9-16(20)17(21)12-15/h3-9,12-13H,10-11H2,1-2H3/t13-/m0/s1. The van der Waals surface area contributed by atoms with E-state index < -0.39 is 17.0 Å². The molecule has 1 amide bonds. The van der Waals surface area contributed by atoms with Crippen LogP contribution in [0.15, 0.2) is 48.5 Å². The predicted molar refractivity (Wildman–Crippen MR) is 84.9 cm³/mol. The zero-order valence-electron chi connectivity index (χ0n) is 13.2. The molecule has 0 radical (unpaired) electrons. The van der Waals surface area contributed by atoms with Crippen LogP contribution in [-0.2, 0) is 10.2 Å². The molecule has 0 N–H and O–H groups in total. The maximum absolute atomic E-state index is 13.5. The molecule has 1 atom stereocenters. The van der Waals surface area contributed by atoms with Crippen molar-refractivity contribution in [2.45, 2.75) is 31.2 Å². The first kappa shape index (κ1) is 15.7. The number of likely N-dealkylation sites (N-methyl/N-ethyl adjacent to an activating group) is 1. The highest BCUT2D eigenvalue weighted by atomic mass is 19.2. The molecule has 0 unspecified atom stereocenters. The lowest BCUT2D eigenvalue weighted by atomic mass is 9.93. The molecule has 1 aliphatic rings. The summed E-state index contributed by atoms with van der Waals surface area (Å²) in [5.74, 6) is -1.83. The van der Waals surface area contributed by atoms with E-state index >= 15 is 0 Å². The number of hydrogen-bond acceptors (Lipinski definition) is 1. The van der Waals surface area contributed by atoms with Crippen molar-refractivity contribution in [3.05, 3.63) is 71.3 Å². The highest BCUT2D eigenvalue weighted by molar-refractivity contribution is 5.91. The fraction of sp³-hybridized carbons (Fsp3) is 0.316. The van der Waals surface area contributed by atoms with E-state index in [9.17, 15) is 13.6 Å². The van der Waals surface area contributed by atoms with Gasteiger partial charge in [0.05, 0.1) is 11.5 Å². The molecular formula is C19H19F2NO. The van der Waals surface area contributed by atoms with Gasteiger partial charge in [0.1, 0.15) is 0 Å². The van der Waals surface area contributed by atoms with Crippen LogP contribution in [0.5, 0.6) is 0 Å². The Bertz CT molecular complexity index is 725. The summed E-state index contributed by atoms with van der Waals surface area (Å²) in [5, 5.41) is 0. The summed E-state index contributed by atoms with van der Waals surface area (Å²) in [6.45, 7) is 1.97. The molecule has 0 saturated heterocycles. The maximum Gasteiger partial charge on any atom is 0.233 e. The van der Waals surface area contributed by atoms with Crippen molar-refractivity contribution in [3.8, 4) is 0 Å². The average Bonchev–Trinajstić information content (AvgIpc) is 3.38. The maximum atomic E-state index is 13.5.